The molecule has 1 saturated carbocycles. The number of hydrogen-bond acceptors (Lipinski definition) is 8. The van der Waals surface area contributed by atoms with Gasteiger partial charge in [-0.15, -0.1) is 12.0 Å². The summed E-state index contributed by atoms with van der Waals surface area (Å²) in [4.78, 5) is 14.7. The lowest BCUT2D eigenvalue weighted by atomic mass is 9.75. The van der Waals surface area contributed by atoms with E-state index < -0.39 is 77.7 Å². The Bertz CT molecular complexity index is 1580. The van der Waals surface area contributed by atoms with Gasteiger partial charge in [-0.3, -0.25) is 0 Å². The van der Waals surface area contributed by atoms with Crippen LogP contribution in [0.25, 0.3) is 0 Å². The fraction of sp³-hybridized carbons (Fsp3) is 0.744. The Kier molecular flexibility index (Phi) is 12.9. The van der Waals surface area contributed by atoms with Gasteiger partial charge in [0.15, 0.2) is 28.0 Å². The molecular weight excluding hydrogens is 729 g/mol. The van der Waals surface area contributed by atoms with E-state index in [1.54, 1.807) is 0 Å². The van der Waals surface area contributed by atoms with Crippen molar-refractivity contribution in [2.24, 2.45) is 0 Å². The SMILES string of the molecule is C#C[C@@]1([C@@]2(C#C[Si](C)(C)C)OC3(CCCC3)O[C@@H]2C(=O)OC(C)(C)C)O[C@@H](COCc2ccccc2)[C@H](O[Si](C)(C)C(C)(C)C)[C@H]1O[Si](C)(C)C(C)(C)C. The molecule has 8 nitrogen and oxygen atoms in total. The van der Waals surface area contributed by atoms with E-state index in [-0.39, 0.29) is 16.7 Å². The molecule has 0 amide bonds. The zero-order chi connectivity index (χ0) is 40.8. The summed E-state index contributed by atoms with van der Waals surface area (Å²) in [6.45, 7) is 34.6. The predicted molar refractivity (Wildman–Crippen MR) is 224 cm³/mol. The molecule has 0 aromatic heterocycles. The van der Waals surface area contributed by atoms with Gasteiger partial charge in [0.05, 0.1) is 13.2 Å². The summed E-state index contributed by atoms with van der Waals surface area (Å²) in [7, 11) is -7.32. The van der Waals surface area contributed by atoms with Crippen molar-refractivity contribution in [3.63, 3.8) is 0 Å². The molecule has 6 atom stereocenters. The van der Waals surface area contributed by atoms with E-state index in [1.807, 2.05) is 51.1 Å². The first-order chi connectivity index (χ1) is 24.5. The molecule has 3 fully saturated rings. The third-order valence-electron chi connectivity index (χ3n) is 11.7. The Morgan fingerprint density at radius 2 is 1.39 bits per heavy atom. The summed E-state index contributed by atoms with van der Waals surface area (Å²) in [5, 5.41) is -0.362. The maximum atomic E-state index is 14.7. The van der Waals surface area contributed by atoms with E-state index in [1.165, 1.54) is 0 Å². The first-order valence-corrected chi connectivity index (χ1v) is 29.1. The number of carbonyl (C=O) groups is 1. The lowest BCUT2D eigenvalue weighted by Crippen LogP contribution is -2.69. The second-order valence-corrected chi connectivity index (χ2v) is 34.9. The van der Waals surface area contributed by atoms with Crippen molar-refractivity contribution in [3.05, 3.63) is 35.9 Å². The minimum absolute atomic E-state index is 0.152. The van der Waals surface area contributed by atoms with E-state index >= 15 is 0 Å². The van der Waals surface area contributed by atoms with Gasteiger partial charge in [-0.05, 0) is 75.4 Å². The highest BCUT2D eigenvalue weighted by atomic mass is 28.4. The van der Waals surface area contributed by atoms with E-state index in [0.29, 0.717) is 19.4 Å². The van der Waals surface area contributed by atoms with Gasteiger partial charge < -0.3 is 32.5 Å². The molecule has 1 aromatic rings. The molecule has 2 aliphatic heterocycles. The highest BCUT2D eigenvalue weighted by molar-refractivity contribution is 6.83. The van der Waals surface area contributed by atoms with Crippen molar-refractivity contribution in [1.82, 2.24) is 0 Å². The van der Waals surface area contributed by atoms with Crippen molar-refractivity contribution in [2.75, 3.05) is 6.61 Å². The average molecular weight is 799 g/mol. The largest absolute Gasteiger partial charge is 0.458 e. The van der Waals surface area contributed by atoms with Gasteiger partial charge in [0.2, 0.25) is 11.7 Å². The number of ether oxygens (including phenoxy) is 5. The van der Waals surface area contributed by atoms with Gasteiger partial charge in [-0.1, -0.05) is 103 Å². The molecule has 0 unspecified atom stereocenters. The zero-order valence-corrected chi connectivity index (χ0v) is 39.3. The van der Waals surface area contributed by atoms with Crippen LogP contribution < -0.4 is 0 Å². The van der Waals surface area contributed by atoms with Crippen LogP contribution in [0.1, 0.15) is 93.6 Å². The standard InChI is InChI=1S/C43H70O8Si3/c1-18-42(43(28-29-52(11,12)13)36(37(44)48-38(2,3)4)47-41(51-43)26-22-23-27-41)35(50-54(16,17)40(8,9)10)34(49-53(14,15)39(5,6)7)33(46-42)31-45-30-32-24-20-19-21-25-32/h1,19-21,24-25,33-36H,22-23,26-27,30-31H2,2-17H3/t33-,34-,35+,36+,42+,43-/m0/s1. The molecule has 54 heavy (non-hydrogen) atoms. The van der Waals surface area contributed by atoms with Crippen LogP contribution in [-0.2, 0) is 43.9 Å². The minimum Gasteiger partial charge on any atom is -0.458 e. The Morgan fingerprint density at radius 3 is 1.89 bits per heavy atom. The summed E-state index contributed by atoms with van der Waals surface area (Å²) >= 11 is 0. The highest BCUT2D eigenvalue weighted by Gasteiger charge is 2.77. The molecule has 302 valence electrons. The van der Waals surface area contributed by atoms with Crippen LogP contribution in [0.2, 0.25) is 55.9 Å². The fourth-order valence-electron chi connectivity index (χ4n) is 6.72. The van der Waals surface area contributed by atoms with E-state index in [0.717, 1.165) is 18.4 Å². The smallest absolute Gasteiger partial charge is 0.340 e. The molecule has 1 spiro atoms. The minimum atomic E-state index is -2.66. The number of terminal acetylenes is 1. The number of benzene rings is 1. The molecule has 2 heterocycles. The number of hydrogen-bond donors (Lipinski definition) is 0. The van der Waals surface area contributed by atoms with Crippen LogP contribution in [-0.4, -0.2) is 84.3 Å². The second-order valence-electron chi connectivity index (χ2n) is 20.7. The normalized spacial score (nSPS) is 29.2. The lowest BCUT2D eigenvalue weighted by Gasteiger charge is -2.48. The molecule has 4 rings (SSSR count). The third kappa shape index (κ3) is 9.49. The predicted octanol–water partition coefficient (Wildman–Crippen LogP) is 9.40. The number of carbonyl (C=O) groups excluding carboxylic acids is 1. The first-order valence-electron chi connectivity index (χ1n) is 19.8. The van der Waals surface area contributed by atoms with Gasteiger partial charge in [0.1, 0.15) is 32.0 Å². The number of esters is 1. The highest BCUT2D eigenvalue weighted by Crippen LogP contribution is 2.57. The first kappa shape index (κ1) is 44.9. The Balaban J connectivity index is 2.05. The molecule has 3 aliphatic rings. The van der Waals surface area contributed by atoms with E-state index in [9.17, 15) is 4.79 Å². The average Bonchev–Trinajstić information content (AvgIpc) is 3.70. The third-order valence-corrected chi connectivity index (χ3v) is 21.5. The topological polar surface area (TPSA) is 81.7 Å². The summed E-state index contributed by atoms with van der Waals surface area (Å²) < 4.78 is 49.2. The number of rotatable bonds is 10. The van der Waals surface area contributed by atoms with Crippen molar-refractivity contribution in [3.8, 4) is 23.8 Å². The zero-order valence-electron chi connectivity index (χ0n) is 36.3. The van der Waals surface area contributed by atoms with E-state index in [4.69, 9.17) is 39.0 Å². The Hall–Kier alpha value is -1.78. The van der Waals surface area contributed by atoms with Gasteiger partial charge in [0, 0.05) is 12.8 Å². The molecular formula is C43H70O8Si3. The Morgan fingerprint density at radius 1 is 0.833 bits per heavy atom. The van der Waals surface area contributed by atoms with Gasteiger partial charge in [-0.2, -0.15) is 0 Å². The van der Waals surface area contributed by atoms with Crippen LogP contribution in [0, 0.1) is 23.8 Å². The molecule has 1 aromatic carbocycles. The van der Waals surface area contributed by atoms with Gasteiger partial charge in [0.25, 0.3) is 0 Å². The van der Waals surface area contributed by atoms with Crippen molar-refractivity contribution in [1.29, 1.82) is 0 Å². The fourth-order valence-corrected chi connectivity index (χ4v) is 9.88. The van der Waals surface area contributed by atoms with Crippen molar-refractivity contribution in [2.45, 2.75) is 198 Å². The molecule has 0 N–H and O–H groups in total. The quantitative estimate of drug-likeness (QED) is 0.132. The maximum absolute atomic E-state index is 14.7. The van der Waals surface area contributed by atoms with Crippen molar-refractivity contribution >= 4 is 30.7 Å². The summed E-state index contributed by atoms with van der Waals surface area (Å²) in [6, 6.07) is 10.0. The molecule has 0 radical (unpaired) electrons. The lowest BCUT2D eigenvalue weighted by molar-refractivity contribution is -0.214. The van der Waals surface area contributed by atoms with Gasteiger partial charge in [-0.25, -0.2) is 4.79 Å². The van der Waals surface area contributed by atoms with Crippen LogP contribution in [0.3, 0.4) is 0 Å². The summed E-state index contributed by atoms with van der Waals surface area (Å²) in [5.41, 5.74) is 0.218. The summed E-state index contributed by atoms with van der Waals surface area (Å²) in [6.07, 6.45) is 6.22. The molecule has 2 saturated heterocycles. The molecule has 0 bridgehead atoms. The van der Waals surface area contributed by atoms with Crippen LogP contribution in [0.15, 0.2) is 30.3 Å². The molecule has 11 heteroatoms. The van der Waals surface area contributed by atoms with Crippen molar-refractivity contribution < 1.29 is 37.3 Å². The van der Waals surface area contributed by atoms with Crippen LogP contribution in [0.5, 0.6) is 0 Å². The second kappa shape index (κ2) is 15.5. The van der Waals surface area contributed by atoms with Crippen LogP contribution >= 0.6 is 0 Å². The van der Waals surface area contributed by atoms with E-state index in [2.05, 4.69) is 105 Å². The van der Waals surface area contributed by atoms with Gasteiger partial charge >= 0.3 is 5.97 Å². The molecule has 1 aliphatic carbocycles. The summed E-state index contributed by atoms with van der Waals surface area (Å²) in [5.74, 6) is 4.99. The van der Waals surface area contributed by atoms with Crippen LogP contribution in [0.4, 0.5) is 0 Å². The maximum Gasteiger partial charge on any atom is 0.340 e. The monoisotopic (exact) mass is 798 g/mol. The Labute approximate surface area is 330 Å².